The van der Waals surface area contributed by atoms with Crippen molar-refractivity contribution in [2.75, 3.05) is 10.8 Å². The van der Waals surface area contributed by atoms with Crippen LogP contribution in [0.4, 0.5) is 5.69 Å². The highest BCUT2D eigenvalue weighted by Gasteiger charge is 2.24. The molecule has 0 unspecified atom stereocenters. The summed E-state index contributed by atoms with van der Waals surface area (Å²) in [6.45, 7) is 3.78. The fraction of sp³-hybridized carbons (Fsp3) is 0.0323. The third-order valence-electron chi connectivity index (χ3n) is 6.22. The van der Waals surface area contributed by atoms with Crippen LogP contribution in [0.2, 0.25) is 0 Å². The molecule has 0 aliphatic rings. The van der Waals surface area contributed by atoms with Crippen LogP contribution in [-0.2, 0) is 10.0 Å². The summed E-state index contributed by atoms with van der Waals surface area (Å²) in [5, 5.41) is 8.49. The van der Waals surface area contributed by atoms with Gasteiger partial charge in [0.1, 0.15) is 0 Å². The third kappa shape index (κ3) is 4.92. The predicted molar refractivity (Wildman–Crippen MR) is 154 cm³/mol. The quantitative estimate of drug-likeness (QED) is 0.116. The average molecular weight is 520 g/mol. The summed E-state index contributed by atoms with van der Waals surface area (Å²) in [5.41, 5.74) is 4.28. The van der Waals surface area contributed by atoms with Crippen LogP contribution >= 0.6 is 0 Å². The van der Waals surface area contributed by atoms with Crippen LogP contribution in [0.1, 0.15) is 15.9 Å². The Morgan fingerprint density at radius 2 is 1.39 bits per heavy atom. The fourth-order valence-electron chi connectivity index (χ4n) is 4.37. The molecule has 0 spiro atoms. The van der Waals surface area contributed by atoms with Gasteiger partial charge < -0.3 is 0 Å². The van der Waals surface area contributed by atoms with Crippen LogP contribution in [0.3, 0.4) is 0 Å². The Hall–Kier alpha value is -4.75. The third-order valence-corrected chi connectivity index (χ3v) is 8.02. The molecule has 0 aliphatic heterocycles. The molecule has 6 nitrogen and oxygen atoms in total. The Kier molecular flexibility index (Phi) is 7.02. The van der Waals surface area contributed by atoms with Crippen LogP contribution in [0.15, 0.2) is 132 Å². The molecule has 0 radical (unpaired) electrons. The van der Waals surface area contributed by atoms with E-state index in [-0.39, 0.29) is 11.4 Å². The SMILES string of the molecule is C=CCN(c1ccc(C(=O)N/N=C\c2c3ccccc3cc3ccccc23)cc1)S(=O)(=O)c1ccccc1. The van der Waals surface area contributed by atoms with Gasteiger partial charge in [-0.25, -0.2) is 13.8 Å². The minimum absolute atomic E-state index is 0.0893. The minimum Gasteiger partial charge on any atom is -0.267 e. The molecule has 0 aliphatic carbocycles. The molecule has 0 bridgehead atoms. The molecular weight excluding hydrogens is 494 g/mol. The maximum absolute atomic E-state index is 13.2. The van der Waals surface area contributed by atoms with E-state index in [1.807, 2.05) is 48.5 Å². The molecule has 1 amide bonds. The van der Waals surface area contributed by atoms with Crippen molar-refractivity contribution < 1.29 is 13.2 Å². The van der Waals surface area contributed by atoms with E-state index in [1.165, 1.54) is 10.4 Å². The lowest BCUT2D eigenvalue weighted by molar-refractivity contribution is 0.0955. The lowest BCUT2D eigenvalue weighted by atomic mass is 9.97. The first kappa shape index (κ1) is 24.9. The Bertz CT molecular complexity index is 1710. The van der Waals surface area contributed by atoms with Gasteiger partial charge in [0.2, 0.25) is 0 Å². The average Bonchev–Trinajstić information content (AvgIpc) is 2.96. The molecule has 38 heavy (non-hydrogen) atoms. The van der Waals surface area contributed by atoms with Gasteiger partial charge in [0.05, 0.1) is 23.3 Å². The molecule has 0 saturated carbocycles. The molecule has 5 aromatic rings. The normalized spacial score (nSPS) is 11.6. The Morgan fingerprint density at radius 3 is 2.00 bits per heavy atom. The zero-order valence-corrected chi connectivity index (χ0v) is 21.3. The van der Waals surface area contributed by atoms with E-state index in [4.69, 9.17) is 0 Å². The van der Waals surface area contributed by atoms with E-state index < -0.39 is 15.9 Å². The Labute approximate surface area is 221 Å². The van der Waals surface area contributed by atoms with Crippen LogP contribution in [0.25, 0.3) is 21.5 Å². The van der Waals surface area contributed by atoms with Gasteiger partial charge in [-0.15, -0.1) is 6.58 Å². The molecule has 5 aromatic carbocycles. The van der Waals surface area contributed by atoms with E-state index in [1.54, 1.807) is 60.8 Å². The summed E-state index contributed by atoms with van der Waals surface area (Å²) in [4.78, 5) is 13.0. The maximum atomic E-state index is 13.2. The van der Waals surface area contributed by atoms with Gasteiger partial charge >= 0.3 is 0 Å². The molecule has 188 valence electrons. The molecular formula is C31H25N3O3S. The number of carbonyl (C=O) groups is 1. The van der Waals surface area contributed by atoms with Gasteiger partial charge in [0, 0.05) is 11.1 Å². The van der Waals surface area contributed by atoms with Gasteiger partial charge in [-0.1, -0.05) is 72.8 Å². The molecule has 0 saturated heterocycles. The number of fused-ring (bicyclic) bond motifs is 2. The van der Waals surface area contributed by atoms with Crippen molar-refractivity contribution in [1.82, 2.24) is 5.43 Å². The number of sulfonamides is 1. The van der Waals surface area contributed by atoms with Crippen LogP contribution in [0, 0.1) is 0 Å². The fourth-order valence-corrected chi connectivity index (χ4v) is 5.82. The second-order valence-corrected chi connectivity index (χ2v) is 10.5. The zero-order valence-electron chi connectivity index (χ0n) is 20.5. The summed E-state index contributed by atoms with van der Waals surface area (Å²) in [7, 11) is -3.79. The van der Waals surface area contributed by atoms with Crippen molar-refractivity contribution in [3.8, 4) is 0 Å². The highest BCUT2D eigenvalue weighted by Crippen LogP contribution is 2.27. The molecule has 5 rings (SSSR count). The number of rotatable bonds is 8. The van der Waals surface area contributed by atoms with E-state index in [2.05, 4.69) is 23.2 Å². The van der Waals surface area contributed by atoms with Gasteiger partial charge in [0.15, 0.2) is 0 Å². The van der Waals surface area contributed by atoms with Gasteiger partial charge in [-0.2, -0.15) is 5.10 Å². The maximum Gasteiger partial charge on any atom is 0.271 e. The number of hydrogen-bond acceptors (Lipinski definition) is 4. The summed E-state index contributed by atoms with van der Waals surface area (Å²) in [6, 6.07) is 32.8. The van der Waals surface area contributed by atoms with Crippen molar-refractivity contribution in [3.63, 3.8) is 0 Å². The number of benzene rings is 5. The Morgan fingerprint density at radius 1 is 0.816 bits per heavy atom. The largest absolute Gasteiger partial charge is 0.271 e. The monoisotopic (exact) mass is 519 g/mol. The molecule has 1 N–H and O–H groups in total. The molecule has 0 fully saturated rings. The first-order valence-corrected chi connectivity index (χ1v) is 13.5. The van der Waals surface area contributed by atoms with Crippen molar-refractivity contribution in [2.24, 2.45) is 5.10 Å². The predicted octanol–water partition coefficient (Wildman–Crippen LogP) is 6.14. The number of nitrogens with one attached hydrogen (secondary N) is 1. The molecule has 0 aromatic heterocycles. The number of anilines is 1. The topological polar surface area (TPSA) is 78.8 Å². The molecule has 0 heterocycles. The lowest BCUT2D eigenvalue weighted by Gasteiger charge is -2.23. The lowest BCUT2D eigenvalue weighted by Crippen LogP contribution is -2.31. The van der Waals surface area contributed by atoms with E-state index in [0.717, 1.165) is 27.1 Å². The van der Waals surface area contributed by atoms with E-state index in [9.17, 15) is 13.2 Å². The number of nitrogens with zero attached hydrogens (tertiary/aromatic N) is 2. The second kappa shape index (κ2) is 10.7. The number of hydrogen-bond donors (Lipinski definition) is 1. The van der Waals surface area contributed by atoms with Crippen LogP contribution < -0.4 is 9.73 Å². The van der Waals surface area contributed by atoms with Crippen molar-refractivity contribution >= 4 is 49.4 Å². The van der Waals surface area contributed by atoms with Crippen LogP contribution in [0.5, 0.6) is 0 Å². The first-order valence-electron chi connectivity index (χ1n) is 12.0. The van der Waals surface area contributed by atoms with Crippen molar-refractivity contribution in [1.29, 1.82) is 0 Å². The standard InChI is InChI=1S/C31H25N3O3S/c1-2-20-34(38(36,37)27-12-4-3-5-13-27)26-18-16-23(17-19-26)31(35)33-32-22-30-28-14-8-6-10-24(28)21-25-11-7-9-15-29(25)30/h2-19,21-22H,1,20H2,(H,33,35)/b32-22-. The van der Waals surface area contributed by atoms with Gasteiger partial charge in [-0.05, 0) is 64.0 Å². The zero-order chi connectivity index (χ0) is 26.5. The van der Waals surface area contributed by atoms with Crippen molar-refractivity contribution in [3.05, 3.63) is 133 Å². The van der Waals surface area contributed by atoms with Gasteiger partial charge in [-0.3, -0.25) is 9.10 Å². The van der Waals surface area contributed by atoms with E-state index >= 15 is 0 Å². The summed E-state index contributed by atoms with van der Waals surface area (Å²) in [6.07, 6.45) is 3.18. The number of amides is 1. The number of carbonyl (C=O) groups excluding carboxylic acids is 1. The smallest absolute Gasteiger partial charge is 0.267 e. The first-order chi connectivity index (χ1) is 18.5. The van der Waals surface area contributed by atoms with Crippen LogP contribution in [-0.4, -0.2) is 27.1 Å². The minimum atomic E-state index is -3.79. The highest BCUT2D eigenvalue weighted by atomic mass is 32.2. The molecule has 0 atom stereocenters. The summed E-state index contributed by atoms with van der Waals surface area (Å²) in [5.74, 6) is -0.404. The highest BCUT2D eigenvalue weighted by molar-refractivity contribution is 7.92. The second-order valence-electron chi connectivity index (χ2n) is 8.62. The van der Waals surface area contributed by atoms with Gasteiger partial charge in [0.25, 0.3) is 15.9 Å². The summed E-state index contributed by atoms with van der Waals surface area (Å²) < 4.78 is 27.6. The number of hydrazone groups is 1. The Balaban J connectivity index is 1.38. The summed E-state index contributed by atoms with van der Waals surface area (Å²) >= 11 is 0. The van der Waals surface area contributed by atoms with Crippen molar-refractivity contribution in [2.45, 2.75) is 4.90 Å². The molecule has 7 heteroatoms. The van der Waals surface area contributed by atoms with E-state index in [0.29, 0.717) is 11.3 Å².